The Hall–Kier alpha value is -2.38. The van der Waals surface area contributed by atoms with Crippen molar-refractivity contribution in [1.82, 2.24) is 14.9 Å². The first-order valence-corrected chi connectivity index (χ1v) is 12.2. The monoisotopic (exact) mass is 439 g/mol. The van der Waals surface area contributed by atoms with Crippen molar-refractivity contribution in [3.8, 4) is 0 Å². The molecule has 0 saturated heterocycles. The van der Waals surface area contributed by atoms with Crippen LogP contribution in [0.1, 0.15) is 34.5 Å². The zero-order valence-electron chi connectivity index (χ0n) is 16.8. The van der Waals surface area contributed by atoms with Gasteiger partial charge in [0.2, 0.25) is 5.91 Å². The maximum atomic E-state index is 12.8. The largest absolute Gasteiger partial charge is 0.355 e. The number of nitrogens with one attached hydrogen (secondary N) is 1. The van der Waals surface area contributed by atoms with Crippen molar-refractivity contribution in [1.29, 1.82) is 0 Å². The van der Waals surface area contributed by atoms with Crippen LogP contribution >= 0.6 is 23.1 Å². The maximum absolute atomic E-state index is 12.8. The van der Waals surface area contributed by atoms with E-state index in [9.17, 15) is 9.59 Å². The normalized spacial score (nSPS) is 13.1. The SMILES string of the molecule is O=C(CSc1nc(=O)n(Cc2cccs2)c2c1CCCC2)NCCc1ccccc1. The number of benzene rings is 1. The fourth-order valence-electron chi connectivity index (χ4n) is 3.76. The minimum absolute atomic E-state index is 0.0231. The predicted octanol–water partition coefficient (Wildman–Crippen LogP) is 3.68. The first-order valence-electron chi connectivity index (χ1n) is 10.3. The molecule has 156 valence electrons. The van der Waals surface area contributed by atoms with E-state index in [1.807, 2.05) is 34.2 Å². The van der Waals surface area contributed by atoms with Crippen molar-refractivity contribution in [2.45, 2.75) is 43.7 Å². The van der Waals surface area contributed by atoms with Crippen LogP contribution in [0, 0.1) is 0 Å². The molecule has 0 spiro atoms. The fourth-order valence-corrected chi connectivity index (χ4v) is 5.36. The number of thiophene rings is 1. The third-order valence-corrected chi connectivity index (χ3v) is 7.14. The number of carbonyl (C=O) groups excluding carboxylic acids is 1. The number of amides is 1. The smallest absolute Gasteiger partial charge is 0.349 e. The Balaban J connectivity index is 1.40. The average molecular weight is 440 g/mol. The Morgan fingerprint density at radius 2 is 1.97 bits per heavy atom. The molecule has 1 aliphatic rings. The Bertz CT molecular complexity index is 1050. The zero-order chi connectivity index (χ0) is 20.8. The first kappa shape index (κ1) is 20.9. The van der Waals surface area contributed by atoms with Crippen molar-refractivity contribution in [3.05, 3.63) is 80.0 Å². The van der Waals surface area contributed by atoms with E-state index >= 15 is 0 Å². The summed E-state index contributed by atoms with van der Waals surface area (Å²) in [6, 6.07) is 14.2. The van der Waals surface area contributed by atoms with Crippen LogP contribution in [-0.4, -0.2) is 27.8 Å². The van der Waals surface area contributed by atoms with Gasteiger partial charge >= 0.3 is 5.69 Å². The van der Waals surface area contributed by atoms with E-state index in [1.165, 1.54) is 17.3 Å². The molecular formula is C23H25N3O2S2. The van der Waals surface area contributed by atoms with E-state index in [0.717, 1.165) is 53.3 Å². The van der Waals surface area contributed by atoms with E-state index < -0.39 is 0 Å². The minimum Gasteiger partial charge on any atom is -0.355 e. The second kappa shape index (κ2) is 10.1. The van der Waals surface area contributed by atoms with Gasteiger partial charge in [-0.3, -0.25) is 9.36 Å². The molecule has 0 radical (unpaired) electrons. The van der Waals surface area contributed by atoms with Crippen molar-refractivity contribution in [2.75, 3.05) is 12.3 Å². The number of rotatable bonds is 8. The molecule has 1 amide bonds. The molecule has 4 rings (SSSR count). The lowest BCUT2D eigenvalue weighted by Crippen LogP contribution is -2.31. The average Bonchev–Trinajstić information content (AvgIpc) is 3.28. The summed E-state index contributed by atoms with van der Waals surface area (Å²) in [5.41, 5.74) is 3.24. The summed E-state index contributed by atoms with van der Waals surface area (Å²) >= 11 is 3.04. The molecule has 1 aliphatic carbocycles. The summed E-state index contributed by atoms with van der Waals surface area (Å²) in [4.78, 5) is 30.6. The summed E-state index contributed by atoms with van der Waals surface area (Å²) < 4.78 is 1.82. The third-order valence-electron chi connectivity index (χ3n) is 5.26. The number of thioether (sulfide) groups is 1. The summed E-state index contributed by atoms with van der Waals surface area (Å²) in [6.07, 6.45) is 4.82. The Morgan fingerprint density at radius 1 is 1.13 bits per heavy atom. The van der Waals surface area contributed by atoms with Crippen LogP contribution in [0.2, 0.25) is 0 Å². The molecule has 2 heterocycles. The second-order valence-electron chi connectivity index (χ2n) is 7.37. The van der Waals surface area contributed by atoms with Gasteiger partial charge in [0.15, 0.2) is 0 Å². The number of hydrogen-bond acceptors (Lipinski definition) is 5. The molecule has 0 bridgehead atoms. The van der Waals surface area contributed by atoms with E-state index in [4.69, 9.17) is 0 Å². The van der Waals surface area contributed by atoms with Crippen molar-refractivity contribution in [3.63, 3.8) is 0 Å². The number of aromatic nitrogens is 2. The molecule has 1 aromatic carbocycles. The maximum Gasteiger partial charge on any atom is 0.349 e. The molecule has 7 heteroatoms. The molecule has 5 nitrogen and oxygen atoms in total. The van der Waals surface area contributed by atoms with Gasteiger partial charge in [0, 0.05) is 22.7 Å². The van der Waals surface area contributed by atoms with Gasteiger partial charge in [-0.1, -0.05) is 48.2 Å². The highest BCUT2D eigenvalue weighted by Crippen LogP contribution is 2.29. The molecular weight excluding hydrogens is 414 g/mol. The highest BCUT2D eigenvalue weighted by Gasteiger charge is 2.21. The molecule has 3 aromatic rings. The van der Waals surface area contributed by atoms with Gasteiger partial charge in [-0.15, -0.1) is 11.3 Å². The van der Waals surface area contributed by atoms with E-state index in [-0.39, 0.29) is 17.3 Å². The molecule has 1 N–H and O–H groups in total. The van der Waals surface area contributed by atoms with Gasteiger partial charge in [0.1, 0.15) is 5.03 Å². The van der Waals surface area contributed by atoms with Gasteiger partial charge in [-0.2, -0.15) is 4.98 Å². The topological polar surface area (TPSA) is 64.0 Å². The van der Waals surface area contributed by atoms with Crippen molar-refractivity contribution in [2.24, 2.45) is 0 Å². The minimum atomic E-state index is -0.212. The lowest BCUT2D eigenvalue weighted by Gasteiger charge is -2.22. The van der Waals surface area contributed by atoms with Crippen LogP contribution in [0.4, 0.5) is 0 Å². The summed E-state index contributed by atoms with van der Waals surface area (Å²) in [5.74, 6) is 0.257. The van der Waals surface area contributed by atoms with E-state index in [1.54, 1.807) is 11.3 Å². The molecule has 0 unspecified atom stereocenters. The van der Waals surface area contributed by atoms with Crippen LogP contribution in [0.5, 0.6) is 0 Å². The standard InChI is InChI=1S/C23H25N3O2S2/c27-21(24-13-12-17-7-2-1-3-8-17)16-30-22-19-10-4-5-11-20(19)26(23(28)25-22)15-18-9-6-14-29-18/h1-3,6-9,14H,4-5,10-13,15-16H2,(H,24,27). The van der Waals surface area contributed by atoms with Crippen LogP contribution < -0.4 is 11.0 Å². The molecule has 2 aromatic heterocycles. The van der Waals surface area contributed by atoms with Crippen LogP contribution in [0.3, 0.4) is 0 Å². The second-order valence-corrected chi connectivity index (χ2v) is 9.37. The van der Waals surface area contributed by atoms with E-state index in [0.29, 0.717) is 13.1 Å². The number of hydrogen-bond donors (Lipinski definition) is 1. The van der Waals surface area contributed by atoms with Gasteiger partial charge in [0.05, 0.1) is 12.3 Å². The molecule has 0 atom stereocenters. The molecule has 0 saturated carbocycles. The third kappa shape index (κ3) is 5.21. The Morgan fingerprint density at radius 3 is 2.77 bits per heavy atom. The molecule has 0 fully saturated rings. The Labute approximate surface area is 184 Å². The van der Waals surface area contributed by atoms with Gasteiger partial charge in [0.25, 0.3) is 0 Å². The highest BCUT2D eigenvalue weighted by atomic mass is 32.2. The summed E-state index contributed by atoms with van der Waals surface area (Å²) in [6.45, 7) is 1.19. The highest BCUT2D eigenvalue weighted by molar-refractivity contribution is 7.99. The van der Waals surface area contributed by atoms with E-state index in [2.05, 4.69) is 28.5 Å². The lowest BCUT2D eigenvalue weighted by molar-refractivity contribution is -0.118. The Kier molecular flexibility index (Phi) is 7.02. The molecule has 30 heavy (non-hydrogen) atoms. The summed E-state index contributed by atoms with van der Waals surface area (Å²) in [5, 5.41) is 5.73. The van der Waals surface area contributed by atoms with Gasteiger partial charge in [-0.25, -0.2) is 4.79 Å². The van der Waals surface area contributed by atoms with Crippen molar-refractivity contribution >= 4 is 29.0 Å². The van der Waals surface area contributed by atoms with Crippen LogP contribution in [0.25, 0.3) is 0 Å². The summed E-state index contributed by atoms with van der Waals surface area (Å²) in [7, 11) is 0. The number of nitrogens with zero attached hydrogens (tertiary/aromatic N) is 2. The lowest BCUT2D eigenvalue weighted by atomic mass is 9.97. The van der Waals surface area contributed by atoms with Gasteiger partial charge in [-0.05, 0) is 49.1 Å². The quantitative estimate of drug-likeness (QED) is 0.430. The zero-order valence-corrected chi connectivity index (χ0v) is 18.4. The fraction of sp³-hybridized carbons (Fsp3) is 0.348. The van der Waals surface area contributed by atoms with Gasteiger partial charge < -0.3 is 5.32 Å². The number of fused-ring (bicyclic) bond motifs is 1. The van der Waals surface area contributed by atoms with Crippen molar-refractivity contribution < 1.29 is 4.79 Å². The van der Waals surface area contributed by atoms with Crippen LogP contribution in [0.15, 0.2) is 57.7 Å². The predicted molar refractivity (Wildman–Crippen MR) is 122 cm³/mol. The molecule has 0 aliphatic heterocycles. The van der Waals surface area contributed by atoms with Crippen LogP contribution in [-0.2, 0) is 30.6 Å². The first-order chi connectivity index (χ1) is 14.7. The number of carbonyl (C=O) groups is 1.